The fourth-order valence-electron chi connectivity index (χ4n) is 4.82. The first-order valence-corrected chi connectivity index (χ1v) is 10.4. The van der Waals surface area contributed by atoms with Crippen LogP contribution in [0.25, 0.3) is 0 Å². The number of hydrogen-bond donors (Lipinski definition) is 0. The van der Waals surface area contributed by atoms with Crippen LogP contribution in [0.15, 0.2) is 54.6 Å². The van der Waals surface area contributed by atoms with Crippen molar-refractivity contribution in [3.63, 3.8) is 0 Å². The Balaban J connectivity index is 1.43. The largest absolute Gasteiger partial charge is 0.335 e. The summed E-state index contributed by atoms with van der Waals surface area (Å²) in [5.41, 5.74) is 1.89. The van der Waals surface area contributed by atoms with Crippen LogP contribution >= 0.6 is 0 Å². The van der Waals surface area contributed by atoms with Crippen LogP contribution in [0.3, 0.4) is 0 Å². The highest BCUT2D eigenvalue weighted by molar-refractivity contribution is 5.94. The molecule has 0 saturated carbocycles. The standard InChI is InChI=1S/C23H27N3O3/c27-23(19-10-12-21(13-11-19)26(28)29)25-15-5-9-22(25)20-8-4-14-24(17-20)16-18-6-2-1-3-7-18/h1-3,6-7,10-13,20,22H,4-5,8-9,14-17H2. The molecule has 6 nitrogen and oxygen atoms in total. The maximum Gasteiger partial charge on any atom is 0.269 e. The van der Waals surface area contributed by atoms with Gasteiger partial charge in [0.05, 0.1) is 4.92 Å². The van der Waals surface area contributed by atoms with Crippen LogP contribution in [0.2, 0.25) is 0 Å². The Labute approximate surface area is 171 Å². The second kappa shape index (κ2) is 8.74. The molecule has 2 aromatic carbocycles. The number of rotatable bonds is 5. The fraction of sp³-hybridized carbons (Fsp3) is 0.435. The van der Waals surface area contributed by atoms with Gasteiger partial charge in [-0.2, -0.15) is 0 Å². The molecule has 2 atom stereocenters. The minimum atomic E-state index is -0.434. The van der Waals surface area contributed by atoms with E-state index in [4.69, 9.17) is 0 Å². The summed E-state index contributed by atoms with van der Waals surface area (Å²) in [6.45, 7) is 3.86. The molecule has 2 aliphatic heterocycles. The molecule has 152 valence electrons. The van der Waals surface area contributed by atoms with Crippen molar-refractivity contribution < 1.29 is 9.72 Å². The van der Waals surface area contributed by atoms with E-state index in [0.717, 1.165) is 51.9 Å². The van der Waals surface area contributed by atoms with E-state index < -0.39 is 4.92 Å². The number of nitro benzene ring substituents is 1. The van der Waals surface area contributed by atoms with Gasteiger partial charge in [-0.05, 0) is 55.8 Å². The van der Waals surface area contributed by atoms with Gasteiger partial charge in [0.25, 0.3) is 11.6 Å². The van der Waals surface area contributed by atoms with E-state index in [2.05, 4.69) is 29.2 Å². The van der Waals surface area contributed by atoms with Gasteiger partial charge >= 0.3 is 0 Å². The number of amides is 1. The zero-order valence-corrected chi connectivity index (χ0v) is 16.6. The Hall–Kier alpha value is -2.73. The summed E-state index contributed by atoms with van der Waals surface area (Å²) in [6, 6.07) is 16.8. The molecule has 0 N–H and O–H groups in total. The Kier molecular flexibility index (Phi) is 5.90. The molecule has 4 rings (SSSR count). The molecule has 1 amide bonds. The van der Waals surface area contributed by atoms with Gasteiger partial charge in [-0.1, -0.05) is 30.3 Å². The Bertz CT molecular complexity index is 853. The Morgan fingerprint density at radius 3 is 2.45 bits per heavy atom. The Morgan fingerprint density at radius 1 is 1.00 bits per heavy atom. The van der Waals surface area contributed by atoms with Crippen LogP contribution in [0.1, 0.15) is 41.6 Å². The third kappa shape index (κ3) is 4.48. The molecule has 0 aromatic heterocycles. The molecule has 0 radical (unpaired) electrons. The second-order valence-electron chi connectivity index (χ2n) is 8.14. The normalized spacial score (nSPS) is 22.6. The van der Waals surface area contributed by atoms with E-state index in [0.29, 0.717) is 11.5 Å². The number of carbonyl (C=O) groups excluding carboxylic acids is 1. The van der Waals surface area contributed by atoms with Gasteiger partial charge in [0.2, 0.25) is 0 Å². The third-order valence-corrected chi connectivity index (χ3v) is 6.22. The lowest BCUT2D eigenvalue weighted by Gasteiger charge is -2.39. The van der Waals surface area contributed by atoms with E-state index in [9.17, 15) is 14.9 Å². The lowest BCUT2D eigenvalue weighted by molar-refractivity contribution is -0.384. The van der Waals surface area contributed by atoms with Crippen LogP contribution < -0.4 is 0 Å². The molecule has 2 aromatic rings. The second-order valence-corrected chi connectivity index (χ2v) is 8.14. The summed E-state index contributed by atoms with van der Waals surface area (Å²) in [5, 5.41) is 10.9. The van der Waals surface area contributed by atoms with Gasteiger partial charge in [-0.3, -0.25) is 19.8 Å². The van der Waals surface area contributed by atoms with Crippen molar-refractivity contribution in [3.8, 4) is 0 Å². The number of carbonyl (C=O) groups is 1. The molecular weight excluding hydrogens is 366 g/mol. The van der Waals surface area contributed by atoms with Crippen LogP contribution in [0, 0.1) is 16.0 Å². The van der Waals surface area contributed by atoms with Crippen molar-refractivity contribution >= 4 is 11.6 Å². The summed E-state index contributed by atoms with van der Waals surface area (Å²) in [6.07, 6.45) is 4.38. The summed E-state index contributed by atoms with van der Waals surface area (Å²) in [4.78, 5) is 28.0. The van der Waals surface area contributed by atoms with Gasteiger partial charge in [0, 0.05) is 43.4 Å². The molecule has 2 aliphatic rings. The van der Waals surface area contributed by atoms with E-state index in [1.807, 2.05) is 11.0 Å². The van der Waals surface area contributed by atoms with Crippen molar-refractivity contribution in [2.75, 3.05) is 19.6 Å². The highest BCUT2D eigenvalue weighted by Gasteiger charge is 2.37. The number of piperidine rings is 1. The van der Waals surface area contributed by atoms with Crippen LogP contribution in [-0.2, 0) is 6.54 Å². The number of nitrogens with zero attached hydrogens (tertiary/aromatic N) is 3. The van der Waals surface area contributed by atoms with Crippen LogP contribution in [-0.4, -0.2) is 46.3 Å². The quantitative estimate of drug-likeness (QED) is 0.566. The predicted molar refractivity (Wildman–Crippen MR) is 112 cm³/mol. The number of nitro groups is 1. The van der Waals surface area contributed by atoms with Crippen molar-refractivity contribution in [3.05, 3.63) is 75.8 Å². The maximum absolute atomic E-state index is 13.1. The smallest absolute Gasteiger partial charge is 0.269 e. The number of hydrogen-bond acceptors (Lipinski definition) is 4. The monoisotopic (exact) mass is 393 g/mol. The van der Waals surface area contributed by atoms with E-state index in [-0.39, 0.29) is 17.6 Å². The minimum absolute atomic E-state index is 0.00239. The van der Waals surface area contributed by atoms with Gasteiger partial charge in [-0.15, -0.1) is 0 Å². The van der Waals surface area contributed by atoms with Gasteiger partial charge < -0.3 is 4.90 Å². The zero-order valence-electron chi connectivity index (χ0n) is 16.6. The lowest BCUT2D eigenvalue weighted by Crippen LogP contribution is -2.46. The van der Waals surface area contributed by atoms with Crippen molar-refractivity contribution in [1.82, 2.24) is 9.80 Å². The molecule has 2 unspecified atom stereocenters. The van der Waals surface area contributed by atoms with E-state index in [1.165, 1.54) is 17.7 Å². The van der Waals surface area contributed by atoms with Gasteiger partial charge in [0.15, 0.2) is 0 Å². The third-order valence-electron chi connectivity index (χ3n) is 6.22. The zero-order chi connectivity index (χ0) is 20.2. The van der Waals surface area contributed by atoms with Crippen molar-refractivity contribution in [2.24, 2.45) is 5.92 Å². The summed E-state index contributed by atoms with van der Waals surface area (Å²) in [7, 11) is 0. The van der Waals surface area contributed by atoms with Crippen molar-refractivity contribution in [2.45, 2.75) is 38.3 Å². The fourth-order valence-corrected chi connectivity index (χ4v) is 4.82. The first-order valence-electron chi connectivity index (χ1n) is 10.4. The summed E-state index contributed by atoms with van der Waals surface area (Å²) in [5.74, 6) is 0.486. The van der Waals surface area contributed by atoms with Crippen molar-refractivity contribution in [1.29, 1.82) is 0 Å². The molecule has 0 spiro atoms. The Morgan fingerprint density at radius 2 is 1.72 bits per heavy atom. The summed E-state index contributed by atoms with van der Waals surface area (Å²) >= 11 is 0. The topological polar surface area (TPSA) is 66.7 Å². The first-order chi connectivity index (χ1) is 14.1. The molecule has 6 heteroatoms. The predicted octanol–water partition coefficient (Wildman–Crippen LogP) is 4.11. The summed E-state index contributed by atoms with van der Waals surface area (Å²) < 4.78 is 0. The molecule has 0 bridgehead atoms. The van der Waals surface area contributed by atoms with Gasteiger partial charge in [-0.25, -0.2) is 0 Å². The first kappa shape index (κ1) is 19.6. The molecule has 2 saturated heterocycles. The lowest BCUT2D eigenvalue weighted by atomic mass is 9.88. The van der Waals surface area contributed by atoms with Crippen LogP contribution in [0.5, 0.6) is 0 Å². The maximum atomic E-state index is 13.1. The molecular formula is C23H27N3O3. The average molecular weight is 393 g/mol. The minimum Gasteiger partial charge on any atom is -0.335 e. The molecule has 2 fully saturated rings. The molecule has 29 heavy (non-hydrogen) atoms. The number of non-ortho nitro benzene ring substituents is 1. The number of benzene rings is 2. The van der Waals surface area contributed by atoms with Gasteiger partial charge in [0.1, 0.15) is 0 Å². The van der Waals surface area contributed by atoms with Crippen LogP contribution in [0.4, 0.5) is 5.69 Å². The van der Waals surface area contributed by atoms with E-state index >= 15 is 0 Å². The number of likely N-dealkylation sites (tertiary alicyclic amines) is 2. The van der Waals surface area contributed by atoms with E-state index in [1.54, 1.807) is 12.1 Å². The molecule has 2 heterocycles. The average Bonchev–Trinajstić information content (AvgIpc) is 3.24. The molecule has 0 aliphatic carbocycles. The highest BCUT2D eigenvalue weighted by Crippen LogP contribution is 2.32. The highest BCUT2D eigenvalue weighted by atomic mass is 16.6. The SMILES string of the molecule is O=C(c1ccc([N+](=O)[O-])cc1)N1CCCC1C1CCCN(Cc2ccccc2)C1.